The van der Waals surface area contributed by atoms with Crippen molar-refractivity contribution in [2.45, 2.75) is 44.9 Å². The van der Waals surface area contributed by atoms with Crippen LogP contribution >= 0.6 is 0 Å². The molecule has 0 radical (unpaired) electrons. The van der Waals surface area contributed by atoms with Gasteiger partial charge in [-0.3, -0.25) is 14.5 Å². The molecule has 2 aliphatic rings. The maximum Gasteiger partial charge on any atom is 0.236 e. The molecule has 0 spiro atoms. The third-order valence-electron chi connectivity index (χ3n) is 5.50. The molecule has 0 aliphatic carbocycles. The lowest BCUT2D eigenvalue weighted by molar-refractivity contribution is -0.134. The van der Waals surface area contributed by atoms with E-state index in [0.29, 0.717) is 18.7 Å². The smallest absolute Gasteiger partial charge is 0.236 e. The summed E-state index contributed by atoms with van der Waals surface area (Å²) < 4.78 is 0. The average molecular weight is 342 g/mol. The molecule has 1 atom stereocenters. The molecule has 136 valence electrons. The molecule has 0 N–H and O–H groups in total. The minimum Gasteiger partial charge on any atom is -0.342 e. The molecule has 0 bridgehead atoms. The third kappa shape index (κ3) is 5.40. The molecule has 2 saturated heterocycles. The fraction of sp³-hybridized carbons (Fsp3) is 0.619. The lowest BCUT2D eigenvalue weighted by atomic mass is 9.90. The maximum atomic E-state index is 12.6. The average Bonchev–Trinajstić information content (AvgIpc) is 2.92. The summed E-state index contributed by atoms with van der Waals surface area (Å²) in [6.45, 7) is 3.97. The van der Waals surface area contributed by atoms with Crippen molar-refractivity contribution >= 4 is 11.7 Å². The summed E-state index contributed by atoms with van der Waals surface area (Å²) in [7, 11) is 0. The van der Waals surface area contributed by atoms with Gasteiger partial charge in [0.25, 0.3) is 0 Å². The van der Waals surface area contributed by atoms with E-state index >= 15 is 0 Å². The standard InChI is InChI=1S/C21H30N2O2/c24-20(15-18-9-4-3-5-10-18)19-11-8-12-22(16-19)17-21(25)23-13-6-1-2-7-14-23/h3-5,9-10,19H,1-2,6-8,11-17H2. The van der Waals surface area contributed by atoms with Gasteiger partial charge in [-0.05, 0) is 37.8 Å². The second kappa shape index (κ2) is 9.14. The molecule has 2 heterocycles. The molecule has 0 saturated carbocycles. The molecular weight excluding hydrogens is 312 g/mol. The number of rotatable bonds is 5. The number of carbonyl (C=O) groups is 2. The first-order valence-electron chi connectivity index (χ1n) is 9.79. The summed E-state index contributed by atoms with van der Waals surface area (Å²) >= 11 is 0. The first-order valence-corrected chi connectivity index (χ1v) is 9.79. The van der Waals surface area contributed by atoms with Crippen LogP contribution in [0.3, 0.4) is 0 Å². The van der Waals surface area contributed by atoms with Gasteiger partial charge in [0.15, 0.2) is 0 Å². The van der Waals surface area contributed by atoms with Crippen LogP contribution in [0, 0.1) is 5.92 Å². The molecule has 2 aliphatic heterocycles. The number of Topliss-reactive ketones (excluding diaryl/α,β-unsaturated/α-hetero) is 1. The Balaban J connectivity index is 1.50. The lowest BCUT2D eigenvalue weighted by Crippen LogP contribution is -2.46. The number of hydrogen-bond donors (Lipinski definition) is 0. The predicted molar refractivity (Wildman–Crippen MR) is 99.4 cm³/mol. The monoisotopic (exact) mass is 342 g/mol. The number of nitrogens with zero attached hydrogens (tertiary/aromatic N) is 2. The zero-order valence-corrected chi connectivity index (χ0v) is 15.2. The van der Waals surface area contributed by atoms with Gasteiger partial charge in [-0.1, -0.05) is 43.2 Å². The Kier molecular flexibility index (Phi) is 6.62. The lowest BCUT2D eigenvalue weighted by Gasteiger charge is -2.33. The summed E-state index contributed by atoms with van der Waals surface area (Å²) in [6, 6.07) is 9.97. The molecule has 2 fully saturated rings. The Labute approximate surface area is 151 Å². The molecule has 1 unspecified atom stereocenters. The van der Waals surface area contributed by atoms with Crippen LogP contribution in [-0.2, 0) is 16.0 Å². The summed E-state index contributed by atoms with van der Waals surface area (Å²) in [6.07, 6.45) is 7.22. The van der Waals surface area contributed by atoms with Crippen molar-refractivity contribution < 1.29 is 9.59 Å². The van der Waals surface area contributed by atoms with E-state index < -0.39 is 0 Å². The van der Waals surface area contributed by atoms with E-state index in [1.807, 2.05) is 35.2 Å². The molecule has 4 nitrogen and oxygen atoms in total. The quantitative estimate of drug-likeness (QED) is 0.826. The maximum absolute atomic E-state index is 12.6. The fourth-order valence-electron chi connectivity index (χ4n) is 4.01. The molecule has 1 aromatic rings. The molecule has 3 rings (SSSR count). The molecule has 25 heavy (non-hydrogen) atoms. The first-order chi connectivity index (χ1) is 12.2. The Morgan fingerprint density at radius 1 is 0.920 bits per heavy atom. The highest BCUT2D eigenvalue weighted by Crippen LogP contribution is 2.20. The SMILES string of the molecule is O=C(Cc1ccccc1)C1CCCN(CC(=O)N2CCCCCC2)C1. The highest BCUT2D eigenvalue weighted by Gasteiger charge is 2.27. The Hall–Kier alpha value is -1.68. The van der Waals surface area contributed by atoms with E-state index in [-0.39, 0.29) is 11.8 Å². The Morgan fingerprint density at radius 2 is 1.64 bits per heavy atom. The fourth-order valence-corrected chi connectivity index (χ4v) is 4.01. The number of piperidine rings is 1. The number of likely N-dealkylation sites (tertiary alicyclic amines) is 2. The van der Waals surface area contributed by atoms with Gasteiger partial charge >= 0.3 is 0 Å². The minimum absolute atomic E-state index is 0.0749. The van der Waals surface area contributed by atoms with E-state index in [1.54, 1.807) is 0 Å². The van der Waals surface area contributed by atoms with Gasteiger partial charge in [0.05, 0.1) is 6.54 Å². The van der Waals surface area contributed by atoms with Gasteiger partial charge in [-0.25, -0.2) is 0 Å². The van der Waals surface area contributed by atoms with Crippen LogP contribution in [-0.4, -0.2) is 54.2 Å². The third-order valence-corrected chi connectivity index (χ3v) is 5.50. The van der Waals surface area contributed by atoms with Crippen LogP contribution in [0.5, 0.6) is 0 Å². The Morgan fingerprint density at radius 3 is 2.36 bits per heavy atom. The summed E-state index contributed by atoms with van der Waals surface area (Å²) in [5.74, 6) is 0.641. The number of benzene rings is 1. The van der Waals surface area contributed by atoms with Crippen molar-refractivity contribution in [1.82, 2.24) is 9.80 Å². The van der Waals surface area contributed by atoms with Gasteiger partial charge in [0.2, 0.25) is 5.91 Å². The van der Waals surface area contributed by atoms with Crippen molar-refractivity contribution in [2.24, 2.45) is 5.92 Å². The van der Waals surface area contributed by atoms with Crippen LogP contribution in [0.4, 0.5) is 0 Å². The van der Waals surface area contributed by atoms with Gasteiger partial charge in [0.1, 0.15) is 5.78 Å². The molecule has 0 aromatic heterocycles. The molecule has 1 amide bonds. The van der Waals surface area contributed by atoms with Crippen molar-refractivity contribution in [3.8, 4) is 0 Å². The van der Waals surface area contributed by atoms with E-state index in [2.05, 4.69) is 4.90 Å². The summed E-state index contributed by atoms with van der Waals surface area (Å²) in [5.41, 5.74) is 1.09. The second-order valence-corrected chi connectivity index (χ2v) is 7.50. The number of hydrogen-bond acceptors (Lipinski definition) is 3. The van der Waals surface area contributed by atoms with Crippen LogP contribution in [0.25, 0.3) is 0 Å². The first kappa shape index (κ1) is 18.1. The van der Waals surface area contributed by atoms with Gasteiger partial charge in [-0.15, -0.1) is 0 Å². The largest absolute Gasteiger partial charge is 0.342 e. The topological polar surface area (TPSA) is 40.6 Å². The number of ketones is 1. The van der Waals surface area contributed by atoms with Crippen LogP contribution < -0.4 is 0 Å². The van der Waals surface area contributed by atoms with Gasteiger partial charge in [0, 0.05) is 32.0 Å². The second-order valence-electron chi connectivity index (χ2n) is 7.50. The zero-order valence-electron chi connectivity index (χ0n) is 15.2. The van der Waals surface area contributed by atoms with Gasteiger partial charge in [-0.2, -0.15) is 0 Å². The summed E-state index contributed by atoms with van der Waals surface area (Å²) in [5, 5.41) is 0. The zero-order chi connectivity index (χ0) is 17.5. The normalized spacial score (nSPS) is 22.4. The molecular formula is C21H30N2O2. The van der Waals surface area contributed by atoms with Crippen molar-refractivity contribution in [1.29, 1.82) is 0 Å². The van der Waals surface area contributed by atoms with E-state index in [0.717, 1.165) is 57.4 Å². The predicted octanol–water partition coefficient (Wildman–Crippen LogP) is 2.91. The van der Waals surface area contributed by atoms with E-state index in [4.69, 9.17) is 0 Å². The van der Waals surface area contributed by atoms with E-state index in [9.17, 15) is 9.59 Å². The number of carbonyl (C=O) groups excluding carboxylic acids is 2. The summed E-state index contributed by atoms with van der Waals surface area (Å²) in [4.78, 5) is 29.4. The minimum atomic E-state index is 0.0749. The molecule has 1 aromatic carbocycles. The van der Waals surface area contributed by atoms with Crippen molar-refractivity contribution in [3.63, 3.8) is 0 Å². The highest BCUT2D eigenvalue weighted by atomic mass is 16.2. The van der Waals surface area contributed by atoms with Crippen LogP contribution in [0.2, 0.25) is 0 Å². The highest BCUT2D eigenvalue weighted by molar-refractivity contribution is 5.84. The van der Waals surface area contributed by atoms with Crippen LogP contribution in [0.15, 0.2) is 30.3 Å². The van der Waals surface area contributed by atoms with Crippen molar-refractivity contribution in [3.05, 3.63) is 35.9 Å². The Bertz CT molecular complexity index is 565. The van der Waals surface area contributed by atoms with Crippen LogP contribution in [0.1, 0.15) is 44.1 Å². The molecule has 4 heteroatoms. The number of amides is 1. The van der Waals surface area contributed by atoms with Gasteiger partial charge < -0.3 is 4.90 Å². The van der Waals surface area contributed by atoms with E-state index in [1.165, 1.54) is 12.8 Å². The van der Waals surface area contributed by atoms with Crippen molar-refractivity contribution in [2.75, 3.05) is 32.7 Å².